The van der Waals surface area contributed by atoms with E-state index in [0.29, 0.717) is 28.8 Å². The van der Waals surface area contributed by atoms with Gasteiger partial charge in [0.2, 0.25) is 5.95 Å². The van der Waals surface area contributed by atoms with Crippen LogP contribution in [0.15, 0.2) is 34.9 Å². The van der Waals surface area contributed by atoms with Gasteiger partial charge in [0.25, 0.3) is 5.91 Å². The molecule has 0 radical (unpaired) electrons. The number of nitrogens with zero attached hydrogens (tertiary/aromatic N) is 4. The molecule has 1 N–H and O–H groups in total. The fourth-order valence-corrected chi connectivity index (χ4v) is 3.36. The van der Waals surface area contributed by atoms with Crippen molar-refractivity contribution in [3.63, 3.8) is 0 Å². The maximum atomic E-state index is 12.8. The molecule has 1 fully saturated rings. The molecular formula is C20H23N5O3. The minimum absolute atomic E-state index is 0.202. The summed E-state index contributed by atoms with van der Waals surface area (Å²) in [4.78, 5) is 25.9. The molecule has 1 aliphatic rings. The number of hydrogen-bond acceptors (Lipinski definition) is 7. The van der Waals surface area contributed by atoms with Crippen LogP contribution in [0.2, 0.25) is 0 Å². The van der Waals surface area contributed by atoms with E-state index in [1.165, 1.54) is 0 Å². The Morgan fingerprint density at radius 1 is 1.29 bits per heavy atom. The Morgan fingerprint density at radius 3 is 2.79 bits per heavy atom. The van der Waals surface area contributed by atoms with Crippen molar-refractivity contribution in [2.24, 2.45) is 0 Å². The number of nitrogens with one attached hydrogen (secondary N) is 1. The minimum Gasteiger partial charge on any atom is -0.493 e. The first-order valence-corrected chi connectivity index (χ1v) is 9.24. The first-order valence-electron chi connectivity index (χ1n) is 9.24. The van der Waals surface area contributed by atoms with Crippen LogP contribution in [0.4, 0.5) is 17.5 Å². The molecule has 0 unspecified atom stereocenters. The average Bonchev–Trinajstić information content (AvgIpc) is 3.37. The van der Waals surface area contributed by atoms with Crippen LogP contribution in [-0.4, -0.2) is 50.2 Å². The van der Waals surface area contributed by atoms with E-state index >= 15 is 0 Å². The number of aromatic nitrogens is 2. The summed E-state index contributed by atoms with van der Waals surface area (Å²) in [5, 5.41) is 3.67. The summed E-state index contributed by atoms with van der Waals surface area (Å²) in [7, 11) is 5.34. The molecule has 1 aromatic carbocycles. The monoisotopic (exact) mass is 381 g/mol. The van der Waals surface area contributed by atoms with Crippen molar-refractivity contribution >= 4 is 34.3 Å². The third-order valence-corrected chi connectivity index (χ3v) is 4.77. The lowest BCUT2D eigenvalue weighted by Gasteiger charge is -2.20. The zero-order valence-electron chi connectivity index (χ0n) is 16.2. The van der Waals surface area contributed by atoms with E-state index in [0.717, 1.165) is 31.3 Å². The van der Waals surface area contributed by atoms with Gasteiger partial charge in [0.05, 0.1) is 13.3 Å². The van der Waals surface area contributed by atoms with E-state index < -0.39 is 0 Å². The van der Waals surface area contributed by atoms with Crippen molar-refractivity contribution in [3.05, 3.63) is 36.2 Å². The lowest BCUT2D eigenvalue weighted by atomic mass is 10.2. The highest BCUT2D eigenvalue weighted by atomic mass is 16.5. The summed E-state index contributed by atoms with van der Waals surface area (Å²) in [6.07, 6.45) is 3.94. The number of carbonyl (C=O) groups excluding carboxylic acids is 1. The minimum atomic E-state index is -0.362. The van der Waals surface area contributed by atoms with Crippen LogP contribution >= 0.6 is 0 Å². The summed E-state index contributed by atoms with van der Waals surface area (Å²) in [5.41, 5.74) is 1.08. The Bertz CT molecular complexity index is 1010. The molecule has 8 heteroatoms. The van der Waals surface area contributed by atoms with Gasteiger partial charge in [-0.1, -0.05) is 12.1 Å². The molecule has 2 aromatic heterocycles. The molecule has 4 rings (SSSR count). The van der Waals surface area contributed by atoms with E-state index in [2.05, 4.69) is 20.2 Å². The number of para-hydroxylation sites is 1. The van der Waals surface area contributed by atoms with E-state index in [9.17, 15) is 4.79 Å². The Kier molecular flexibility index (Phi) is 4.77. The molecule has 146 valence electrons. The van der Waals surface area contributed by atoms with Crippen molar-refractivity contribution in [1.82, 2.24) is 9.97 Å². The van der Waals surface area contributed by atoms with Gasteiger partial charge in [-0.25, -0.2) is 4.98 Å². The second-order valence-electron chi connectivity index (χ2n) is 6.94. The van der Waals surface area contributed by atoms with Crippen LogP contribution in [0.3, 0.4) is 0 Å². The van der Waals surface area contributed by atoms with Crippen LogP contribution in [-0.2, 0) is 0 Å². The Balaban J connectivity index is 1.62. The number of fused-ring (bicyclic) bond motifs is 1. The van der Waals surface area contributed by atoms with Crippen LogP contribution < -0.4 is 19.9 Å². The SMILES string of the molecule is COc1cccc2cc(C(=O)Nc3cnc(N4CCCC4)nc3N(C)C)oc12. The van der Waals surface area contributed by atoms with Crippen molar-refractivity contribution in [1.29, 1.82) is 0 Å². The van der Waals surface area contributed by atoms with Gasteiger partial charge in [0.1, 0.15) is 5.69 Å². The zero-order valence-corrected chi connectivity index (χ0v) is 16.2. The maximum Gasteiger partial charge on any atom is 0.291 e. The predicted molar refractivity (Wildman–Crippen MR) is 109 cm³/mol. The number of methoxy groups -OCH3 is 1. The molecule has 0 spiro atoms. The Morgan fingerprint density at radius 2 is 2.07 bits per heavy atom. The van der Waals surface area contributed by atoms with Crippen LogP contribution in [0, 0.1) is 0 Å². The summed E-state index contributed by atoms with van der Waals surface area (Å²) >= 11 is 0. The lowest BCUT2D eigenvalue weighted by molar-refractivity contribution is 0.0998. The van der Waals surface area contributed by atoms with Gasteiger partial charge < -0.3 is 24.3 Å². The Labute approximate surface area is 163 Å². The normalized spacial score (nSPS) is 13.8. The standard InChI is InChI=1S/C20H23N5O3/c1-24(2)18-14(12-21-20(23-18)25-9-4-5-10-25)22-19(26)16-11-13-7-6-8-15(27-3)17(13)28-16/h6-8,11-12H,4-5,9-10H2,1-3H3,(H,22,26). The highest BCUT2D eigenvalue weighted by Gasteiger charge is 2.20. The molecule has 28 heavy (non-hydrogen) atoms. The maximum absolute atomic E-state index is 12.8. The molecule has 8 nitrogen and oxygen atoms in total. The van der Waals surface area contributed by atoms with Crippen molar-refractivity contribution in [3.8, 4) is 5.75 Å². The number of rotatable bonds is 5. The molecule has 1 saturated heterocycles. The number of carbonyl (C=O) groups is 1. The number of benzene rings is 1. The molecule has 1 aliphatic heterocycles. The summed E-state index contributed by atoms with van der Waals surface area (Å²) in [5.74, 6) is 1.77. The third-order valence-electron chi connectivity index (χ3n) is 4.77. The number of anilines is 3. The second-order valence-corrected chi connectivity index (χ2v) is 6.94. The highest BCUT2D eigenvalue weighted by Crippen LogP contribution is 2.30. The summed E-state index contributed by atoms with van der Waals surface area (Å²) in [6, 6.07) is 7.22. The van der Waals surface area contributed by atoms with Gasteiger partial charge in [0.15, 0.2) is 22.9 Å². The van der Waals surface area contributed by atoms with Gasteiger partial charge in [-0.2, -0.15) is 4.98 Å². The molecule has 3 heterocycles. The van der Waals surface area contributed by atoms with Crippen molar-refractivity contribution in [2.75, 3.05) is 49.4 Å². The van der Waals surface area contributed by atoms with Crippen LogP contribution in [0.1, 0.15) is 23.4 Å². The van der Waals surface area contributed by atoms with Crippen LogP contribution in [0.25, 0.3) is 11.0 Å². The van der Waals surface area contributed by atoms with Gasteiger partial charge in [-0.15, -0.1) is 0 Å². The van der Waals surface area contributed by atoms with Crippen molar-refractivity contribution < 1.29 is 13.9 Å². The molecule has 3 aromatic rings. The van der Waals surface area contributed by atoms with Gasteiger partial charge in [-0.05, 0) is 25.0 Å². The second kappa shape index (κ2) is 7.38. The van der Waals surface area contributed by atoms with E-state index in [-0.39, 0.29) is 11.7 Å². The molecule has 0 bridgehead atoms. The topological polar surface area (TPSA) is 83.7 Å². The number of hydrogen-bond donors (Lipinski definition) is 1. The van der Waals surface area contributed by atoms with Crippen LogP contribution in [0.5, 0.6) is 5.75 Å². The summed E-state index contributed by atoms with van der Waals surface area (Å²) in [6.45, 7) is 1.92. The zero-order chi connectivity index (χ0) is 19.7. The predicted octanol–water partition coefficient (Wildman–Crippen LogP) is 3.15. The molecular weight excluding hydrogens is 358 g/mol. The first kappa shape index (κ1) is 18.1. The molecule has 0 saturated carbocycles. The van der Waals surface area contributed by atoms with E-state index in [4.69, 9.17) is 9.15 Å². The van der Waals surface area contributed by atoms with Crippen molar-refractivity contribution in [2.45, 2.75) is 12.8 Å². The molecule has 1 amide bonds. The first-order chi connectivity index (χ1) is 13.6. The largest absolute Gasteiger partial charge is 0.493 e. The number of amides is 1. The smallest absolute Gasteiger partial charge is 0.291 e. The molecule has 0 aliphatic carbocycles. The Hall–Kier alpha value is -3.29. The number of furan rings is 1. The highest BCUT2D eigenvalue weighted by molar-refractivity contribution is 6.06. The van der Waals surface area contributed by atoms with Gasteiger partial charge in [-0.3, -0.25) is 4.79 Å². The quantitative estimate of drug-likeness (QED) is 0.727. The van der Waals surface area contributed by atoms with Gasteiger partial charge in [0, 0.05) is 32.6 Å². The fraction of sp³-hybridized carbons (Fsp3) is 0.350. The third kappa shape index (κ3) is 3.33. The number of ether oxygens (including phenoxy) is 1. The van der Waals surface area contributed by atoms with Gasteiger partial charge >= 0.3 is 0 Å². The lowest BCUT2D eigenvalue weighted by Crippen LogP contribution is -2.23. The summed E-state index contributed by atoms with van der Waals surface area (Å²) < 4.78 is 11.0. The fourth-order valence-electron chi connectivity index (χ4n) is 3.36. The molecule has 0 atom stereocenters. The average molecular weight is 381 g/mol. The van der Waals surface area contributed by atoms with E-state index in [1.807, 2.05) is 31.1 Å². The van der Waals surface area contributed by atoms with E-state index in [1.54, 1.807) is 25.4 Å².